The summed E-state index contributed by atoms with van der Waals surface area (Å²) in [5.41, 5.74) is -0.686. The number of hydrogen-bond acceptors (Lipinski definition) is 3. The standard InChI is InChI=1S/C13H7Cl2FN2O3/c14-7-1-3-11(10(15)5-7)17-13(19)9-6-8(16)2-4-12(9)18(20)21/h1-6H,(H,17,19). The second-order valence-electron chi connectivity index (χ2n) is 4.00. The van der Waals surface area contributed by atoms with Crippen LogP contribution < -0.4 is 5.32 Å². The number of rotatable bonds is 3. The van der Waals surface area contributed by atoms with Gasteiger partial charge in [0.15, 0.2) is 0 Å². The quantitative estimate of drug-likeness (QED) is 0.674. The van der Waals surface area contributed by atoms with E-state index < -0.39 is 27.9 Å². The fourth-order valence-corrected chi connectivity index (χ4v) is 2.09. The molecule has 2 aromatic carbocycles. The lowest BCUT2D eigenvalue weighted by Gasteiger charge is -2.08. The van der Waals surface area contributed by atoms with Gasteiger partial charge in [-0.15, -0.1) is 0 Å². The number of halogens is 3. The maximum Gasteiger partial charge on any atom is 0.282 e. The van der Waals surface area contributed by atoms with E-state index in [-0.39, 0.29) is 10.7 Å². The normalized spacial score (nSPS) is 10.2. The Morgan fingerprint density at radius 1 is 1.19 bits per heavy atom. The first-order valence-corrected chi connectivity index (χ1v) is 6.34. The van der Waals surface area contributed by atoms with Gasteiger partial charge in [0.25, 0.3) is 11.6 Å². The summed E-state index contributed by atoms with van der Waals surface area (Å²) in [6.07, 6.45) is 0. The number of amides is 1. The van der Waals surface area contributed by atoms with E-state index in [1.807, 2.05) is 0 Å². The fourth-order valence-electron chi connectivity index (χ4n) is 1.63. The maximum absolute atomic E-state index is 13.2. The first-order valence-electron chi connectivity index (χ1n) is 5.59. The van der Waals surface area contributed by atoms with Crippen LogP contribution in [0.4, 0.5) is 15.8 Å². The van der Waals surface area contributed by atoms with E-state index in [4.69, 9.17) is 23.2 Å². The van der Waals surface area contributed by atoms with Crippen LogP contribution in [0.3, 0.4) is 0 Å². The van der Waals surface area contributed by atoms with Crippen LogP contribution in [0.15, 0.2) is 36.4 Å². The number of nitrogens with one attached hydrogen (secondary N) is 1. The van der Waals surface area contributed by atoms with Gasteiger partial charge in [0.1, 0.15) is 11.4 Å². The minimum Gasteiger partial charge on any atom is -0.320 e. The Morgan fingerprint density at radius 3 is 2.52 bits per heavy atom. The van der Waals surface area contributed by atoms with Crippen molar-refractivity contribution in [1.82, 2.24) is 0 Å². The summed E-state index contributed by atoms with van der Waals surface area (Å²) in [6, 6.07) is 6.95. The molecular weight excluding hydrogens is 322 g/mol. The van der Waals surface area contributed by atoms with Crippen molar-refractivity contribution in [3.8, 4) is 0 Å². The summed E-state index contributed by atoms with van der Waals surface area (Å²) < 4.78 is 13.2. The second kappa shape index (κ2) is 6.07. The Labute approximate surface area is 128 Å². The topological polar surface area (TPSA) is 72.2 Å². The highest BCUT2D eigenvalue weighted by Crippen LogP contribution is 2.27. The molecular formula is C13H7Cl2FN2O3. The summed E-state index contributed by atoms with van der Waals surface area (Å²) in [5, 5.41) is 13.8. The maximum atomic E-state index is 13.2. The summed E-state index contributed by atoms with van der Waals surface area (Å²) >= 11 is 11.6. The predicted molar refractivity (Wildman–Crippen MR) is 77.5 cm³/mol. The van der Waals surface area contributed by atoms with Crippen molar-refractivity contribution in [3.05, 3.63) is 67.9 Å². The third-order valence-electron chi connectivity index (χ3n) is 2.58. The molecule has 0 aliphatic heterocycles. The minimum absolute atomic E-state index is 0.162. The number of nitro groups is 1. The summed E-state index contributed by atoms with van der Waals surface area (Å²) in [4.78, 5) is 22.1. The van der Waals surface area contributed by atoms with Crippen molar-refractivity contribution in [3.63, 3.8) is 0 Å². The molecule has 1 N–H and O–H groups in total. The van der Waals surface area contributed by atoms with E-state index in [2.05, 4.69) is 5.32 Å². The predicted octanol–water partition coefficient (Wildman–Crippen LogP) is 4.29. The molecule has 0 aromatic heterocycles. The molecule has 8 heteroatoms. The molecule has 0 saturated heterocycles. The van der Waals surface area contributed by atoms with Gasteiger partial charge in [0, 0.05) is 11.1 Å². The van der Waals surface area contributed by atoms with Crippen LogP contribution in [0.25, 0.3) is 0 Å². The Hall–Kier alpha value is -2.18. The number of nitro benzene ring substituents is 1. The van der Waals surface area contributed by atoms with Crippen LogP contribution >= 0.6 is 23.2 Å². The van der Waals surface area contributed by atoms with Gasteiger partial charge >= 0.3 is 0 Å². The van der Waals surface area contributed by atoms with Gasteiger partial charge in [-0.2, -0.15) is 0 Å². The number of benzene rings is 2. The van der Waals surface area contributed by atoms with Crippen LogP contribution in [-0.4, -0.2) is 10.8 Å². The molecule has 0 bridgehead atoms. The van der Waals surface area contributed by atoms with Gasteiger partial charge in [-0.1, -0.05) is 23.2 Å². The third kappa shape index (κ3) is 3.48. The molecule has 0 unspecified atom stereocenters. The summed E-state index contributed by atoms with van der Waals surface area (Å²) in [7, 11) is 0. The molecule has 0 aliphatic rings. The smallest absolute Gasteiger partial charge is 0.282 e. The Balaban J connectivity index is 2.36. The molecule has 5 nitrogen and oxygen atoms in total. The fraction of sp³-hybridized carbons (Fsp3) is 0. The van der Waals surface area contributed by atoms with E-state index in [0.29, 0.717) is 5.02 Å². The molecule has 0 saturated carbocycles. The first kappa shape index (κ1) is 15.2. The SMILES string of the molecule is O=C(Nc1ccc(Cl)cc1Cl)c1cc(F)ccc1[N+](=O)[O-]. The van der Waals surface area contributed by atoms with Crippen molar-refractivity contribution in [2.24, 2.45) is 0 Å². The lowest BCUT2D eigenvalue weighted by atomic mass is 10.1. The number of anilines is 1. The molecule has 0 radical (unpaired) electrons. The van der Waals surface area contributed by atoms with Gasteiger partial charge in [-0.05, 0) is 30.3 Å². The van der Waals surface area contributed by atoms with Gasteiger partial charge in [-0.3, -0.25) is 14.9 Å². The van der Waals surface area contributed by atoms with E-state index in [9.17, 15) is 19.3 Å². The van der Waals surface area contributed by atoms with Crippen LogP contribution in [0.5, 0.6) is 0 Å². The van der Waals surface area contributed by atoms with Crippen molar-refractivity contribution in [1.29, 1.82) is 0 Å². The number of nitrogens with zero attached hydrogens (tertiary/aromatic N) is 1. The average molecular weight is 329 g/mol. The lowest BCUT2D eigenvalue weighted by Crippen LogP contribution is -2.14. The lowest BCUT2D eigenvalue weighted by molar-refractivity contribution is -0.385. The molecule has 1 amide bonds. The van der Waals surface area contributed by atoms with E-state index in [0.717, 1.165) is 18.2 Å². The Kier molecular flexibility index (Phi) is 4.40. The van der Waals surface area contributed by atoms with E-state index in [1.165, 1.54) is 18.2 Å². The molecule has 0 aliphatic carbocycles. The summed E-state index contributed by atoms with van der Waals surface area (Å²) in [6.45, 7) is 0. The first-order chi connectivity index (χ1) is 9.88. The number of carbonyl (C=O) groups is 1. The Morgan fingerprint density at radius 2 is 1.90 bits per heavy atom. The number of carbonyl (C=O) groups excluding carboxylic acids is 1. The summed E-state index contributed by atoms with van der Waals surface area (Å²) in [5.74, 6) is -1.60. The van der Waals surface area contributed by atoms with E-state index in [1.54, 1.807) is 0 Å². The Bertz CT molecular complexity index is 737. The molecule has 21 heavy (non-hydrogen) atoms. The van der Waals surface area contributed by atoms with Gasteiger partial charge < -0.3 is 5.32 Å². The highest BCUT2D eigenvalue weighted by atomic mass is 35.5. The average Bonchev–Trinajstić information content (AvgIpc) is 2.41. The monoisotopic (exact) mass is 328 g/mol. The highest BCUT2D eigenvalue weighted by molar-refractivity contribution is 6.36. The second-order valence-corrected chi connectivity index (χ2v) is 4.84. The zero-order valence-corrected chi connectivity index (χ0v) is 11.8. The molecule has 0 heterocycles. The third-order valence-corrected chi connectivity index (χ3v) is 3.13. The van der Waals surface area contributed by atoms with Crippen molar-refractivity contribution >= 4 is 40.5 Å². The van der Waals surface area contributed by atoms with Gasteiger partial charge in [-0.25, -0.2) is 4.39 Å². The molecule has 0 fully saturated rings. The largest absolute Gasteiger partial charge is 0.320 e. The van der Waals surface area contributed by atoms with Gasteiger partial charge in [0.2, 0.25) is 0 Å². The van der Waals surface area contributed by atoms with Crippen molar-refractivity contribution in [2.75, 3.05) is 5.32 Å². The number of hydrogen-bond donors (Lipinski definition) is 1. The molecule has 0 spiro atoms. The van der Waals surface area contributed by atoms with Crippen LogP contribution in [-0.2, 0) is 0 Å². The van der Waals surface area contributed by atoms with E-state index >= 15 is 0 Å². The van der Waals surface area contributed by atoms with Crippen LogP contribution in [0.2, 0.25) is 10.0 Å². The molecule has 108 valence electrons. The molecule has 2 rings (SSSR count). The zero-order valence-electron chi connectivity index (χ0n) is 10.3. The molecule has 0 atom stereocenters. The van der Waals surface area contributed by atoms with Crippen LogP contribution in [0.1, 0.15) is 10.4 Å². The highest BCUT2D eigenvalue weighted by Gasteiger charge is 2.21. The minimum atomic E-state index is -0.842. The van der Waals surface area contributed by atoms with Crippen molar-refractivity contribution in [2.45, 2.75) is 0 Å². The van der Waals surface area contributed by atoms with Crippen LogP contribution in [0, 0.1) is 15.9 Å². The molecule has 2 aromatic rings. The van der Waals surface area contributed by atoms with Gasteiger partial charge in [0.05, 0.1) is 15.6 Å². The zero-order chi connectivity index (χ0) is 15.6. The van der Waals surface area contributed by atoms with Crippen molar-refractivity contribution < 1.29 is 14.1 Å².